The third kappa shape index (κ3) is 3.30. The van der Waals surface area contributed by atoms with Crippen molar-refractivity contribution in [3.8, 4) is 0 Å². The molecule has 0 aliphatic carbocycles. The van der Waals surface area contributed by atoms with Crippen molar-refractivity contribution in [3.05, 3.63) is 0 Å². The monoisotopic (exact) mass is 226 g/mol. The van der Waals surface area contributed by atoms with Crippen molar-refractivity contribution in [2.75, 3.05) is 26.2 Å². The van der Waals surface area contributed by atoms with E-state index in [0.717, 1.165) is 32.6 Å². The molecule has 1 unspecified atom stereocenters. The summed E-state index contributed by atoms with van der Waals surface area (Å²) in [6.07, 6.45) is 1.57. The van der Waals surface area contributed by atoms with Gasteiger partial charge in [0, 0.05) is 39.5 Å². The van der Waals surface area contributed by atoms with Crippen molar-refractivity contribution in [1.82, 2.24) is 9.80 Å². The number of amides is 1. The minimum atomic E-state index is 0.00839. The minimum absolute atomic E-state index is 0.00839. The third-order valence-electron chi connectivity index (χ3n) is 3.27. The van der Waals surface area contributed by atoms with Gasteiger partial charge in [-0.05, 0) is 13.3 Å². The zero-order valence-corrected chi connectivity index (χ0v) is 10.5. The van der Waals surface area contributed by atoms with E-state index in [1.54, 1.807) is 6.92 Å². The minimum Gasteiger partial charge on any atom is -0.340 e. The lowest BCUT2D eigenvalue weighted by atomic mass is 10.1. The third-order valence-corrected chi connectivity index (χ3v) is 3.27. The van der Waals surface area contributed by atoms with Crippen LogP contribution in [-0.2, 0) is 9.59 Å². The van der Waals surface area contributed by atoms with Gasteiger partial charge in [-0.15, -0.1) is 0 Å². The second-order valence-corrected chi connectivity index (χ2v) is 4.43. The molecule has 1 rings (SSSR count). The molecule has 1 aliphatic rings. The highest BCUT2D eigenvalue weighted by Crippen LogP contribution is 2.09. The Morgan fingerprint density at radius 1 is 1.19 bits per heavy atom. The van der Waals surface area contributed by atoms with E-state index in [1.165, 1.54) is 0 Å². The molecule has 0 N–H and O–H groups in total. The summed E-state index contributed by atoms with van der Waals surface area (Å²) in [6, 6.07) is 0.00839. The van der Waals surface area contributed by atoms with Crippen LogP contribution in [0.3, 0.4) is 0 Å². The fraction of sp³-hybridized carbons (Fsp3) is 0.833. The van der Waals surface area contributed by atoms with Crippen LogP contribution in [0.25, 0.3) is 0 Å². The zero-order valence-electron chi connectivity index (χ0n) is 10.5. The number of hydrogen-bond donors (Lipinski definition) is 0. The van der Waals surface area contributed by atoms with Gasteiger partial charge in [0.2, 0.25) is 5.91 Å². The number of rotatable bonds is 4. The van der Waals surface area contributed by atoms with E-state index >= 15 is 0 Å². The van der Waals surface area contributed by atoms with E-state index in [9.17, 15) is 9.59 Å². The van der Waals surface area contributed by atoms with Crippen molar-refractivity contribution in [2.45, 2.75) is 39.7 Å². The second kappa shape index (κ2) is 5.99. The number of carbonyl (C=O) groups is 2. The SMILES string of the molecule is CCCC(=O)C(C)N1CCN(C(C)=O)CC1. The van der Waals surface area contributed by atoms with Gasteiger partial charge in [0.1, 0.15) is 5.78 Å². The van der Waals surface area contributed by atoms with Crippen LogP contribution >= 0.6 is 0 Å². The summed E-state index contributed by atoms with van der Waals surface area (Å²) in [4.78, 5) is 26.9. The van der Waals surface area contributed by atoms with Crippen LogP contribution < -0.4 is 0 Å². The first-order valence-electron chi connectivity index (χ1n) is 6.08. The van der Waals surface area contributed by atoms with Gasteiger partial charge in [-0.3, -0.25) is 14.5 Å². The summed E-state index contributed by atoms with van der Waals surface area (Å²) in [5, 5.41) is 0. The van der Waals surface area contributed by atoms with Crippen LogP contribution in [-0.4, -0.2) is 53.7 Å². The van der Waals surface area contributed by atoms with Crippen molar-refractivity contribution in [3.63, 3.8) is 0 Å². The Balaban J connectivity index is 2.41. The van der Waals surface area contributed by atoms with Crippen LogP contribution in [0.5, 0.6) is 0 Å². The maximum Gasteiger partial charge on any atom is 0.219 e. The number of ketones is 1. The van der Waals surface area contributed by atoms with Gasteiger partial charge in [0.15, 0.2) is 0 Å². The van der Waals surface area contributed by atoms with Gasteiger partial charge >= 0.3 is 0 Å². The maximum atomic E-state index is 11.7. The average molecular weight is 226 g/mol. The summed E-state index contributed by atoms with van der Waals surface area (Å²) >= 11 is 0. The van der Waals surface area contributed by atoms with Gasteiger partial charge in [0.25, 0.3) is 0 Å². The maximum absolute atomic E-state index is 11.7. The lowest BCUT2D eigenvalue weighted by Gasteiger charge is -2.37. The van der Waals surface area contributed by atoms with Crippen LogP contribution in [0.1, 0.15) is 33.6 Å². The summed E-state index contributed by atoms with van der Waals surface area (Å²) in [7, 11) is 0. The fourth-order valence-corrected chi connectivity index (χ4v) is 2.08. The molecule has 1 amide bonds. The number of nitrogens with zero attached hydrogens (tertiary/aromatic N) is 2. The molecule has 4 nitrogen and oxygen atoms in total. The predicted molar refractivity (Wildman–Crippen MR) is 63.2 cm³/mol. The molecule has 1 saturated heterocycles. The average Bonchev–Trinajstić information content (AvgIpc) is 2.28. The molecule has 0 bridgehead atoms. The predicted octanol–water partition coefficient (Wildman–Crippen LogP) is 0.908. The molecule has 92 valence electrons. The smallest absolute Gasteiger partial charge is 0.219 e. The van der Waals surface area contributed by atoms with Gasteiger partial charge in [-0.1, -0.05) is 6.92 Å². The highest BCUT2D eigenvalue weighted by atomic mass is 16.2. The Labute approximate surface area is 97.6 Å². The molecule has 0 aromatic carbocycles. The van der Waals surface area contributed by atoms with Crippen LogP contribution in [0.15, 0.2) is 0 Å². The van der Waals surface area contributed by atoms with E-state index in [1.807, 2.05) is 18.7 Å². The first-order chi connectivity index (χ1) is 7.56. The molecule has 1 aliphatic heterocycles. The lowest BCUT2D eigenvalue weighted by molar-refractivity contribution is -0.131. The highest BCUT2D eigenvalue weighted by Gasteiger charge is 2.25. The number of Topliss-reactive ketones (excluding diaryl/α,β-unsaturated/α-hetero) is 1. The van der Waals surface area contributed by atoms with Crippen molar-refractivity contribution in [1.29, 1.82) is 0 Å². The molecule has 1 fully saturated rings. The number of piperazine rings is 1. The molecule has 4 heteroatoms. The van der Waals surface area contributed by atoms with E-state index in [0.29, 0.717) is 12.2 Å². The molecular weight excluding hydrogens is 204 g/mol. The van der Waals surface area contributed by atoms with Gasteiger partial charge in [-0.2, -0.15) is 0 Å². The van der Waals surface area contributed by atoms with Crippen molar-refractivity contribution < 1.29 is 9.59 Å². The summed E-state index contributed by atoms with van der Waals surface area (Å²) < 4.78 is 0. The molecule has 0 saturated carbocycles. The van der Waals surface area contributed by atoms with Crippen LogP contribution in [0.4, 0.5) is 0 Å². The molecule has 0 aromatic rings. The van der Waals surface area contributed by atoms with Crippen molar-refractivity contribution >= 4 is 11.7 Å². The number of carbonyl (C=O) groups excluding carboxylic acids is 2. The van der Waals surface area contributed by atoms with E-state index in [4.69, 9.17) is 0 Å². The van der Waals surface area contributed by atoms with E-state index in [2.05, 4.69) is 4.90 Å². The topological polar surface area (TPSA) is 40.6 Å². The molecule has 1 atom stereocenters. The van der Waals surface area contributed by atoms with Gasteiger partial charge < -0.3 is 4.90 Å². The molecule has 0 spiro atoms. The molecule has 0 aromatic heterocycles. The molecule has 16 heavy (non-hydrogen) atoms. The van der Waals surface area contributed by atoms with Crippen molar-refractivity contribution in [2.24, 2.45) is 0 Å². The highest BCUT2D eigenvalue weighted by molar-refractivity contribution is 5.83. The second-order valence-electron chi connectivity index (χ2n) is 4.43. The largest absolute Gasteiger partial charge is 0.340 e. The van der Waals surface area contributed by atoms with Crippen LogP contribution in [0.2, 0.25) is 0 Å². The Hall–Kier alpha value is -0.900. The molecule has 1 heterocycles. The summed E-state index contributed by atoms with van der Waals surface area (Å²) in [5.41, 5.74) is 0. The molecular formula is C12H22N2O2. The zero-order chi connectivity index (χ0) is 12.1. The Morgan fingerprint density at radius 2 is 1.75 bits per heavy atom. The molecule has 0 radical (unpaired) electrons. The fourth-order valence-electron chi connectivity index (χ4n) is 2.08. The van der Waals surface area contributed by atoms with E-state index < -0.39 is 0 Å². The number of hydrogen-bond acceptors (Lipinski definition) is 3. The standard InChI is InChI=1S/C12H22N2O2/c1-4-5-12(16)10(2)13-6-8-14(9-7-13)11(3)15/h10H,4-9H2,1-3H3. The Bertz CT molecular complexity index is 258. The first kappa shape index (κ1) is 13.2. The first-order valence-corrected chi connectivity index (χ1v) is 6.08. The van der Waals surface area contributed by atoms with Gasteiger partial charge in [0.05, 0.1) is 6.04 Å². The summed E-state index contributed by atoms with van der Waals surface area (Å²) in [6.45, 7) is 8.73. The summed E-state index contributed by atoms with van der Waals surface area (Å²) in [5.74, 6) is 0.450. The Kier molecular flexibility index (Phi) is 4.93. The van der Waals surface area contributed by atoms with Crippen LogP contribution in [0, 0.1) is 0 Å². The normalized spacial score (nSPS) is 19.6. The van der Waals surface area contributed by atoms with E-state index in [-0.39, 0.29) is 11.9 Å². The lowest BCUT2D eigenvalue weighted by Crippen LogP contribution is -2.52. The quantitative estimate of drug-likeness (QED) is 0.715. The van der Waals surface area contributed by atoms with Gasteiger partial charge in [-0.25, -0.2) is 0 Å². The Morgan fingerprint density at radius 3 is 2.19 bits per heavy atom.